The second-order valence-electron chi connectivity index (χ2n) is 4.49. The summed E-state index contributed by atoms with van der Waals surface area (Å²) in [7, 11) is -7.51. The number of anilines is 1. The number of hydrogen-bond acceptors (Lipinski definition) is 4. The highest BCUT2D eigenvalue weighted by molar-refractivity contribution is 7.92. The van der Waals surface area contributed by atoms with Crippen molar-refractivity contribution in [2.75, 3.05) is 4.72 Å². The first-order chi connectivity index (χ1) is 9.68. The lowest BCUT2D eigenvalue weighted by molar-refractivity contribution is 0.597. The van der Waals surface area contributed by atoms with E-state index in [4.69, 9.17) is 5.14 Å². The van der Waals surface area contributed by atoms with Gasteiger partial charge in [-0.25, -0.2) is 22.0 Å². The predicted octanol–water partition coefficient (Wildman–Crippen LogP) is 1.44. The fourth-order valence-electron chi connectivity index (χ4n) is 1.71. The van der Waals surface area contributed by atoms with Crippen molar-refractivity contribution >= 4 is 25.7 Å². The molecule has 21 heavy (non-hydrogen) atoms. The molecule has 0 atom stereocenters. The Hall–Kier alpha value is -1.90. The van der Waals surface area contributed by atoms with Crippen LogP contribution in [-0.4, -0.2) is 16.8 Å². The van der Waals surface area contributed by atoms with E-state index in [1.165, 1.54) is 30.3 Å². The van der Waals surface area contributed by atoms with Crippen LogP contribution in [0.25, 0.3) is 0 Å². The van der Waals surface area contributed by atoms with Crippen molar-refractivity contribution in [2.45, 2.75) is 16.7 Å². The van der Waals surface area contributed by atoms with Crippen molar-refractivity contribution in [2.24, 2.45) is 5.14 Å². The highest BCUT2D eigenvalue weighted by Crippen LogP contribution is 2.18. The lowest BCUT2D eigenvalue weighted by Gasteiger charge is -2.09. The van der Waals surface area contributed by atoms with E-state index in [0.717, 1.165) is 5.56 Å². The van der Waals surface area contributed by atoms with Crippen LogP contribution in [0, 0.1) is 6.92 Å². The Morgan fingerprint density at radius 2 is 1.52 bits per heavy atom. The molecule has 0 unspecified atom stereocenters. The first-order valence-corrected chi connectivity index (χ1v) is 8.94. The zero-order chi connectivity index (χ0) is 15.7. The van der Waals surface area contributed by atoms with Gasteiger partial charge in [-0.3, -0.25) is 4.72 Å². The SMILES string of the molecule is Cc1cccc(S(=O)(=O)Nc2ccc(S(N)(=O)=O)cc2)c1. The molecule has 112 valence electrons. The first-order valence-electron chi connectivity index (χ1n) is 5.91. The van der Waals surface area contributed by atoms with Crippen molar-refractivity contribution in [3.8, 4) is 0 Å². The minimum absolute atomic E-state index is 0.0824. The Labute approximate surface area is 123 Å². The van der Waals surface area contributed by atoms with Crippen LogP contribution < -0.4 is 9.86 Å². The molecule has 2 rings (SSSR count). The highest BCUT2D eigenvalue weighted by Gasteiger charge is 2.14. The maximum absolute atomic E-state index is 12.2. The van der Waals surface area contributed by atoms with Gasteiger partial charge in [0.1, 0.15) is 0 Å². The summed E-state index contributed by atoms with van der Waals surface area (Å²) < 4.78 is 49.0. The van der Waals surface area contributed by atoms with Crippen LogP contribution in [0.3, 0.4) is 0 Å². The number of primary sulfonamides is 1. The lowest BCUT2D eigenvalue weighted by atomic mass is 10.2. The summed E-state index contributed by atoms with van der Waals surface area (Å²) in [4.78, 5) is 0.0547. The van der Waals surface area contributed by atoms with Gasteiger partial charge in [-0.1, -0.05) is 12.1 Å². The smallest absolute Gasteiger partial charge is 0.261 e. The van der Waals surface area contributed by atoms with E-state index in [9.17, 15) is 16.8 Å². The Morgan fingerprint density at radius 3 is 2.05 bits per heavy atom. The van der Waals surface area contributed by atoms with E-state index in [-0.39, 0.29) is 15.5 Å². The summed E-state index contributed by atoms with van der Waals surface area (Å²) in [5.41, 5.74) is 1.08. The number of nitrogens with two attached hydrogens (primary N) is 1. The van der Waals surface area contributed by atoms with Crippen molar-refractivity contribution in [1.29, 1.82) is 0 Å². The van der Waals surface area contributed by atoms with Crippen LogP contribution in [0.2, 0.25) is 0 Å². The van der Waals surface area contributed by atoms with Crippen molar-refractivity contribution in [1.82, 2.24) is 0 Å². The molecule has 0 radical (unpaired) electrons. The molecule has 0 amide bonds. The van der Waals surface area contributed by atoms with Gasteiger partial charge in [-0.2, -0.15) is 0 Å². The van der Waals surface area contributed by atoms with Gasteiger partial charge in [-0.15, -0.1) is 0 Å². The average molecular weight is 326 g/mol. The molecule has 3 N–H and O–H groups in total. The quantitative estimate of drug-likeness (QED) is 0.886. The summed E-state index contributed by atoms with van der Waals surface area (Å²) in [6.07, 6.45) is 0. The van der Waals surface area contributed by atoms with Crippen LogP contribution in [0.4, 0.5) is 5.69 Å². The predicted molar refractivity (Wildman–Crippen MR) is 79.8 cm³/mol. The van der Waals surface area contributed by atoms with Gasteiger partial charge in [0.15, 0.2) is 0 Å². The van der Waals surface area contributed by atoms with Gasteiger partial charge < -0.3 is 0 Å². The Bertz CT molecular complexity index is 857. The van der Waals surface area contributed by atoms with Crippen LogP contribution in [0.1, 0.15) is 5.56 Å². The van der Waals surface area contributed by atoms with E-state index in [2.05, 4.69) is 4.72 Å². The highest BCUT2D eigenvalue weighted by atomic mass is 32.2. The molecule has 2 aromatic carbocycles. The second kappa shape index (κ2) is 5.47. The molecule has 0 saturated heterocycles. The van der Waals surface area contributed by atoms with Gasteiger partial charge in [0.2, 0.25) is 10.0 Å². The molecule has 0 aromatic heterocycles. The van der Waals surface area contributed by atoms with Crippen LogP contribution in [-0.2, 0) is 20.0 Å². The molecule has 0 bridgehead atoms. The van der Waals surface area contributed by atoms with E-state index >= 15 is 0 Å². The number of benzene rings is 2. The van der Waals surface area contributed by atoms with Gasteiger partial charge in [0.05, 0.1) is 9.79 Å². The maximum Gasteiger partial charge on any atom is 0.261 e. The fraction of sp³-hybridized carbons (Fsp3) is 0.0769. The normalized spacial score (nSPS) is 12.1. The number of sulfonamides is 2. The molecule has 6 nitrogen and oxygen atoms in total. The van der Waals surface area contributed by atoms with Crippen molar-refractivity contribution in [3.05, 3.63) is 54.1 Å². The fourth-order valence-corrected chi connectivity index (χ4v) is 3.39. The zero-order valence-electron chi connectivity index (χ0n) is 11.1. The molecule has 0 spiro atoms. The van der Waals surface area contributed by atoms with Crippen LogP contribution >= 0.6 is 0 Å². The molecule has 0 saturated carbocycles. The number of rotatable bonds is 4. The molecule has 0 aliphatic carbocycles. The molecule has 0 fully saturated rings. The third kappa shape index (κ3) is 3.81. The lowest BCUT2D eigenvalue weighted by Crippen LogP contribution is -2.14. The third-order valence-electron chi connectivity index (χ3n) is 2.73. The van der Waals surface area contributed by atoms with E-state index in [1.807, 2.05) is 0 Å². The summed E-state index contributed by atoms with van der Waals surface area (Å²) >= 11 is 0. The monoisotopic (exact) mass is 326 g/mol. The summed E-state index contributed by atoms with van der Waals surface area (Å²) in [5.74, 6) is 0. The van der Waals surface area contributed by atoms with Crippen LogP contribution in [0.5, 0.6) is 0 Å². The minimum Gasteiger partial charge on any atom is -0.280 e. The first kappa shape index (κ1) is 15.5. The average Bonchev–Trinajstić information content (AvgIpc) is 2.38. The van der Waals surface area contributed by atoms with Crippen LogP contribution in [0.15, 0.2) is 58.3 Å². The standard InChI is InChI=1S/C13H14N2O4S2/c1-10-3-2-4-13(9-10)21(18,19)15-11-5-7-12(8-6-11)20(14,16)17/h2-9,15H,1H3,(H2,14,16,17). The summed E-state index contributed by atoms with van der Waals surface area (Å²) in [5, 5.41) is 4.98. The van der Waals surface area contributed by atoms with Gasteiger partial charge in [0.25, 0.3) is 10.0 Å². The Kier molecular flexibility index (Phi) is 4.04. The Balaban J connectivity index is 2.29. The molecule has 0 aliphatic heterocycles. The van der Waals surface area contributed by atoms with Gasteiger partial charge >= 0.3 is 0 Å². The summed E-state index contributed by atoms with van der Waals surface area (Å²) in [6, 6.07) is 11.6. The molecule has 8 heteroatoms. The summed E-state index contributed by atoms with van der Waals surface area (Å²) in [6.45, 7) is 1.79. The largest absolute Gasteiger partial charge is 0.280 e. The molecular weight excluding hydrogens is 312 g/mol. The van der Waals surface area contributed by atoms with Crippen molar-refractivity contribution in [3.63, 3.8) is 0 Å². The molecule has 0 aliphatic rings. The Morgan fingerprint density at radius 1 is 0.905 bits per heavy atom. The number of aryl methyl sites for hydroxylation is 1. The maximum atomic E-state index is 12.2. The molecule has 0 heterocycles. The zero-order valence-corrected chi connectivity index (χ0v) is 12.8. The number of hydrogen-bond donors (Lipinski definition) is 2. The molecular formula is C13H14N2O4S2. The molecule has 2 aromatic rings. The van der Waals surface area contributed by atoms with E-state index in [1.54, 1.807) is 25.1 Å². The number of nitrogens with one attached hydrogen (secondary N) is 1. The van der Waals surface area contributed by atoms with E-state index < -0.39 is 20.0 Å². The van der Waals surface area contributed by atoms with Gasteiger partial charge in [0, 0.05) is 5.69 Å². The topological polar surface area (TPSA) is 106 Å². The second-order valence-corrected chi connectivity index (χ2v) is 7.74. The minimum atomic E-state index is -3.80. The van der Waals surface area contributed by atoms with Gasteiger partial charge in [-0.05, 0) is 48.9 Å². The van der Waals surface area contributed by atoms with Crippen molar-refractivity contribution < 1.29 is 16.8 Å². The van der Waals surface area contributed by atoms with E-state index in [0.29, 0.717) is 0 Å². The third-order valence-corrected chi connectivity index (χ3v) is 5.04.